The fraction of sp³-hybridized carbons (Fsp3) is 0.643. The van der Waals surface area contributed by atoms with E-state index in [0.717, 1.165) is 36.4 Å². The van der Waals surface area contributed by atoms with E-state index in [4.69, 9.17) is 4.74 Å². The van der Waals surface area contributed by atoms with Crippen molar-refractivity contribution in [3.63, 3.8) is 0 Å². The average Bonchev–Trinajstić information content (AvgIpc) is 2.27. The molecule has 0 aromatic carbocycles. The van der Waals surface area contributed by atoms with Crippen LogP contribution in [-0.2, 0) is 6.42 Å². The zero-order valence-corrected chi connectivity index (χ0v) is 11.6. The van der Waals surface area contributed by atoms with Gasteiger partial charge < -0.3 is 10.1 Å². The molecule has 3 nitrogen and oxygen atoms in total. The lowest BCUT2D eigenvalue weighted by Gasteiger charge is -2.12. The quantitative estimate of drug-likeness (QED) is 0.771. The molecular weight excluding hydrogens is 212 g/mol. The van der Waals surface area contributed by atoms with Crippen LogP contribution in [0.1, 0.15) is 37.1 Å². The van der Waals surface area contributed by atoms with E-state index in [1.807, 2.05) is 13.1 Å². The molecule has 3 heteroatoms. The topological polar surface area (TPSA) is 34.1 Å². The molecule has 1 heterocycles. The van der Waals surface area contributed by atoms with Crippen LogP contribution >= 0.6 is 0 Å². The molecule has 96 valence electrons. The van der Waals surface area contributed by atoms with Gasteiger partial charge in [-0.3, -0.25) is 4.98 Å². The SMILES string of the molecule is COc1c(C)cnc(CCCNC(C)C)c1C. The molecule has 0 saturated carbocycles. The summed E-state index contributed by atoms with van der Waals surface area (Å²) < 4.78 is 5.41. The van der Waals surface area contributed by atoms with Crippen molar-refractivity contribution in [2.75, 3.05) is 13.7 Å². The van der Waals surface area contributed by atoms with Crippen LogP contribution in [0.2, 0.25) is 0 Å². The highest BCUT2D eigenvalue weighted by Crippen LogP contribution is 2.24. The third-order valence-electron chi connectivity index (χ3n) is 2.89. The van der Waals surface area contributed by atoms with Crippen molar-refractivity contribution in [3.8, 4) is 5.75 Å². The standard InChI is InChI=1S/C14H24N2O/c1-10(2)15-8-6-7-13-12(4)14(17-5)11(3)9-16-13/h9-10,15H,6-8H2,1-5H3. The van der Waals surface area contributed by atoms with E-state index in [2.05, 4.69) is 31.1 Å². The lowest BCUT2D eigenvalue weighted by molar-refractivity contribution is 0.406. The lowest BCUT2D eigenvalue weighted by Crippen LogP contribution is -2.24. The van der Waals surface area contributed by atoms with Gasteiger partial charge in [0.25, 0.3) is 0 Å². The van der Waals surface area contributed by atoms with Crippen LogP contribution in [0.5, 0.6) is 5.75 Å². The highest BCUT2D eigenvalue weighted by atomic mass is 16.5. The summed E-state index contributed by atoms with van der Waals surface area (Å²) in [5.74, 6) is 0.979. The molecule has 0 spiro atoms. The number of ether oxygens (including phenoxy) is 1. The summed E-state index contributed by atoms with van der Waals surface area (Å²) in [4.78, 5) is 4.50. The Kier molecular flexibility index (Phi) is 5.42. The predicted molar refractivity (Wildman–Crippen MR) is 71.7 cm³/mol. The Morgan fingerprint density at radius 2 is 2.06 bits per heavy atom. The number of methoxy groups -OCH3 is 1. The molecule has 0 amide bonds. The number of aromatic nitrogens is 1. The first kappa shape index (κ1) is 14.0. The Morgan fingerprint density at radius 1 is 1.35 bits per heavy atom. The second kappa shape index (κ2) is 6.60. The minimum absolute atomic E-state index is 0.552. The maximum atomic E-state index is 5.41. The molecule has 1 N–H and O–H groups in total. The average molecular weight is 236 g/mol. The number of hydrogen-bond acceptors (Lipinski definition) is 3. The molecule has 0 fully saturated rings. The number of pyridine rings is 1. The molecule has 1 aromatic heterocycles. The maximum absolute atomic E-state index is 5.41. The van der Waals surface area contributed by atoms with Crippen LogP contribution in [0.15, 0.2) is 6.20 Å². The van der Waals surface area contributed by atoms with Gasteiger partial charge in [0.1, 0.15) is 5.75 Å². The second-order valence-corrected chi connectivity index (χ2v) is 4.76. The van der Waals surface area contributed by atoms with Gasteiger partial charge >= 0.3 is 0 Å². The third-order valence-corrected chi connectivity index (χ3v) is 2.89. The molecule has 0 radical (unpaired) electrons. The van der Waals surface area contributed by atoms with Crippen LogP contribution in [0, 0.1) is 13.8 Å². The van der Waals surface area contributed by atoms with Gasteiger partial charge in [0.15, 0.2) is 0 Å². The largest absolute Gasteiger partial charge is 0.496 e. The third kappa shape index (κ3) is 4.00. The molecule has 1 aromatic rings. The zero-order valence-electron chi connectivity index (χ0n) is 11.6. The molecule has 17 heavy (non-hydrogen) atoms. The van der Waals surface area contributed by atoms with Gasteiger partial charge in [-0.05, 0) is 33.2 Å². The summed E-state index contributed by atoms with van der Waals surface area (Å²) in [6.45, 7) is 9.48. The van der Waals surface area contributed by atoms with Gasteiger partial charge in [-0.2, -0.15) is 0 Å². The molecule has 1 rings (SSSR count). The number of nitrogens with zero attached hydrogens (tertiary/aromatic N) is 1. The van der Waals surface area contributed by atoms with Crippen molar-refractivity contribution < 1.29 is 4.74 Å². The second-order valence-electron chi connectivity index (χ2n) is 4.76. The number of rotatable bonds is 6. The first-order valence-electron chi connectivity index (χ1n) is 6.28. The molecule has 0 saturated heterocycles. The summed E-state index contributed by atoms with van der Waals surface area (Å²) in [6.07, 6.45) is 4.01. The zero-order chi connectivity index (χ0) is 12.8. The Labute approximate surface area is 105 Å². The van der Waals surface area contributed by atoms with E-state index in [1.54, 1.807) is 7.11 Å². The van der Waals surface area contributed by atoms with E-state index in [0.29, 0.717) is 6.04 Å². The van der Waals surface area contributed by atoms with Gasteiger partial charge in [-0.25, -0.2) is 0 Å². The molecule has 0 aliphatic carbocycles. The van der Waals surface area contributed by atoms with Crippen molar-refractivity contribution >= 4 is 0 Å². The van der Waals surface area contributed by atoms with Crippen molar-refractivity contribution in [1.29, 1.82) is 0 Å². The van der Waals surface area contributed by atoms with E-state index < -0.39 is 0 Å². The Bertz CT molecular complexity index is 361. The monoisotopic (exact) mass is 236 g/mol. The lowest BCUT2D eigenvalue weighted by atomic mass is 10.1. The van der Waals surface area contributed by atoms with E-state index in [-0.39, 0.29) is 0 Å². The first-order valence-corrected chi connectivity index (χ1v) is 6.28. The van der Waals surface area contributed by atoms with Gasteiger partial charge in [0, 0.05) is 29.1 Å². The minimum Gasteiger partial charge on any atom is -0.496 e. The minimum atomic E-state index is 0.552. The highest BCUT2D eigenvalue weighted by Gasteiger charge is 2.08. The van der Waals surface area contributed by atoms with Gasteiger partial charge in [0.2, 0.25) is 0 Å². The Balaban J connectivity index is 2.60. The fourth-order valence-corrected chi connectivity index (χ4v) is 1.97. The summed E-state index contributed by atoms with van der Waals surface area (Å²) >= 11 is 0. The Morgan fingerprint density at radius 3 is 2.65 bits per heavy atom. The number of nitrogens with one attached hydrogen (secondary N) is 1. The van der Waals surface area contributed by atoms with Crippen molar-refractivity contribution in [1.82, 2.24) is 10.3 Å². The van der Waals surface area contributed by atoms with E-state index in [9.17, 15) is 0 Å². The van der Waals surface area contributed by atoms with Gasteiger partial charge in [0.05, 0.1) is 7.11 Å². The van der Waals surface area contributed by atoms with E-state index >= 15 is 0 Å². The van der Waals surface area contributed by atoms with Crippen LogP contribution in [0.4, 0.5) is 0 Å². The van der Waals surface area contributed by atoms with Crippen LogP contribution in [-0.4, -0.2) is 24.7 Å². The van der Waals surface area contributed by atoms with Crippen LogP contribution in [0.3, 0.4) is 0 Å². The summed E-state index contributed by atoms with van der Waals surface area (Å²) in [7, 11) is 1.72. The van der Waals surface area contributed by atoms with Crippen LogP contribution in [0.25, 0.3) is 0 Å². The molecule has 0 atom stereocenters. The molecule has 0 aliphatic rings. The molecule has 0 aliphatic heterocycles. The van der Waals surface area contributed by atoms with Gasteiger partial charge in [-0.15, -0.1) is 0 Å². The molecular formula is C14H24N2O. The molecule has 0 bridgehead atoms. The fourth-order valence-electron chi connectivity index (χ4n) is 1.97. The summed E-state index contributed by atoms with van der Waals surface area (Å²) in [5, 5.41) is 3.42. The Hall–Kier alpha value is -1.09. The number of hydrogen-bond donors (Lipinski definition) is 1. The van der Waals surface area contributed by atoms with Crippen LogP contribution < -0.4 is 10.1 Å². The first-order chi connectivity index (χ1) is 8.06. The van der Waals surface area contributed by atoms with E-state index in [1.165, 1.54) is 5.56 Å². The highest BCUT2D eigenvalue weighted by molar-refractivity contribution is 5.41. The molecule has 0 unspecified atom stereocenters. The summed E-state index contributed by atoms with van der Waals surface area (Å²) in [6, 6.07) is 0.552. The number of aryl methyl sites for hydroxylation is 2. The van der Waals surface area contributed by atoms with Crippen molar-refractivity contribution in [2.24, 2.45) is 0 Å². The normalized spacial score (nSPS) is 10.9. The predicted octanol–water partition coefficient (Wildman–Crippen LogP) is 2.64. The van der Waals surface area contributed by atoms with Crippen molar-refractivity contribution in [3.05, 3.63) is 23.0 Å². The van der Waals surface area contributed by atoms with Crippen molar-refractivity contribution in [2.45, 2.75) is 46.6 Å². The summed E-state index contributed by atoms with van der Waals surface area (Å²) in [5.41, 5.74) is 3.43. The maximum Gasteiger partial charge on any atom is 0.128 e. The smallest absolute Gasteiger partial charge is 0.128 e. The van der Waals surface area contributed by atoms with Gasteiger partial charge in [-0.1, -0.05) is 13.8 Å².